The Bertz CT molecular complexity index is 3580. The molecule has 7 aliphatic rings. The molecule has 85 heavy (non-hydrogen) atoms. The summed E-state index contributed by atoms with van der Waals surface area (Å²) >= 11 is 0. The van der Waals surface area contributed by atoms with Gasteiger partial charge in [-0.3, -0.25) is 24.7 Å². The molecule has 20 nitrogen and oxygen atoms in total. The summed E-state index contributed by atoms with van der Waals surface area (Å²) < 4.78 is 55.6. The molecule has 0 unspecified atom stereocenters. The fourth-order valence-electron chi connectivity index (χ4n) is 14.4. The average Bonchev–Trinajstić information content (AvgIpc) is 1.57. The van der Waals surface area contributed by atoms with Crippen molar-refractivity contribution in [2.24, 2.45) is 11.3 Å². The minimum atomic E-state index is -4.65. The standard InChI is InChI=1S/C64H78N10O10S/c1-40(2)83-57-8-6-5-7-48(57)56-38-70(37-42-29-50(43-9-10-43)61(81-4)67-36-42)26-27-72(56)46-33-64(34-46)21-24-71(25-22-64)45-11-13-49(53(31-45)73-52-18-28-82-39-58(52)84-62-55(73)30-44-17-23-65-59(44)68-62)60(75)69-85(79,80)47-12-14-51(54(32-47)74(77)78)66-35-41-15-19-63(3,76)20-16-41/h5-8,11-14,17,23,29-32,36,40-41,43,46,52,56,58,66,76H,9-10,15-16,18-22,24-28,33-35,37-39H2,1-4H3,(H,65,68)(H,69,75)/t41-,52-,56+,58-,63-/m0/s1. The average molecular weight is 1180 g/mol. The first-order valence-electron chi connectivity index (χ1n) is 30.5. The predicted molar refractivity (Wildman–Crippen MR) is 324 cm³/mol. The highest BCUT2D eigenvalue weighted by Gasteiger charge is 2.51. The van der Waals surface area contributed by atoms with Gasteiger partial charge in [0.05, 0.1) is 58.6 Å². The number of nitrogens with zero attached hydrogens (tertiary/aromatic N) is 7. The topological polar surface area (TPSA) is 230 Å². The number of piperazine rings is 1. The van der Waals surface area contributed by atoms with Crippen LogP contribution in [0.25, 0.3) is 11.0 Å². The van der Waals surface area contributed by atoms with Crippen LogP contribution in [0.5, 0.6) is 17.5 Å². The first-order valence-corrected chi connectivity index (χ1v) is 32.0. The molecule has 3 saturated heterocycles. The molecule has 1 spiro atoms. The molecule has 0 radical (unpaired) electrons. The summed E-state index contributed by atoms with van der Waals surface area (Å²) in [5, 5.41) is 26.9. The van der Waals surface area contributed by atoms with Crippen LogP contribution in [0.4, 0.5) is 28.4 Å². The second-order valence-corrected chi connectivity index (χ2v) is 27.2. The van der Waals surface area contributed by atoms with E-state index in [0.717, 1.165) is 107 Å². The fraction of sp³-hybridized carbons (Fsp3) is 0.516. The molecule has 6 aromatic rings. The molecule has 6 fully saturated rings. The molecule has 4 aliphatic heterocycles. The van der Waals surface area contributed by atoms with Gasteiger partial charge in [-0.05, 0) is 169 Å². The van der Waals surface area contributed by atoms with Gasteiger partial charge < -0.3 is 44.2 Å². The number of nitro groups is 1. The van der Waals surface area contributed by atoms with Crippen LogP contribution in [-0.2, 0) is 21.3 Å². The van der Waals surface area contributed by atoms with Crippen molar-refractivity contribution < 1.29 is 42.2 Å². The van der Waals surface area contributed by atoms with Crippen molar-refractivity contribution in [2.45, 2.75) is 145 Å². The van der Waals surface area contributed by atoms with Gasteiger partial charge in [-0.1, -0.05) is 18.2 Å². The summed E-state index contributed by atoms with van der Waals surface area (Å²) in [7, 11) is -2.94. The first-order chi connectivity index (χ1) is 41.0. The zero-order valence-corrected chi connectivity index (χ0v) is 49.8. The van der Waals surface area contributed by atoms with Crippen molar-refractivity contribution in [3.8, 4) is 17.5 Å². The summed E-state index contributed by atoms with van der Waals surface area (Å²) in [6.07, 6.45) is 13.3. The van der Waals surface area contributed by atoms with E-state index in [1.807, 2.05) is 43.6 Å². The molecule has 4 N–H and O–H groups in total. The largest absolute Gasteiger partial charge is 0.491 e. The number of ether oxygens (including phenoxy) is 4. The summed E-state index contributed by atoms with van der Waals surface area (Å²) in [6.45, 7) is 12.3. The molecule has 21 heteroatoms. The van der Waals surface area contributed by atoms with E-state index in [1.165, 1.54) is 41.7 Å². The van der Waals surface area contributed by atoms with E-state index in [2.05, 4.69) is 78.8 Å². The van der Waals surface area contributed by atoms with Crippen LogP contribution in [0.2, 0.25) is 0 Å². The summed E-state index contributed by atoms with van der Waals surface area (Å²) in [5.74, 6) is 1.88. The van der Waals surface area contributed by atoms with Gasteiger partial charge in [0.15, 0.2) is 0 Å². The Kier molecular flexibility index (Phi) is 15.4. The van der Waals surface area contributed by atoms with Gasteiger partial charge in [-0.2, -0.15) is 4.98 Å². The lowest BCUT2D eigenvalue weighted by Crippen LogP contribution is -2.59. The van der Waals surface area contributed by atoms with Crippen molar-refractivity contribution in [1.29, 1.82) is 0 Å². The van der Waals surface area contributed by atoms with Crippen molar-refractivity contribution >= 4 is 55.4 Å². The van der Waals surface area contributed by atoms with Crippen molar-refractivity contribution in [2.75, 3.05) is 74.7 Å². The van der Waals surface area contributed by atoms with Crippen LogP contribution in [0.15, 0.2) is 96.2 Å². The number of hydrogen-bond acceptors (Lipinski definition) is 17. The number of nitrogens with one attached hydrogen (secondary N) is 3. The van der Waals surface area contributed by atoms with Crippen LogP contribution in [-0.4, -0.2) is 139 Å². The van der Waals surface area contributed by atoms with E-state index >= 15 is 0 Å². The highest BCUT2D eigenvalue weighted by atomic mass is 32.2. The number of rotatable bonds is 17. The van der Waals surface area contributed by atoms with Gasteiger partial charge in [-0.15, -0.1) is 0 Å². The van der Waals surface area contributed by atoms with Crippen molar-refractivity contribution in [1.82, 2.24) is 29.5 Å². The van der Waals surface area contributed by atoms with Gasteiger partial charge in [0.25, 0.3) is 21.6 Å². The first kappa shape index (κ1) is 57.1. The number of hydrogen-bond donors (Lipinski definition) is 4. The number of benzene rings is 3. The zero-order chi connectivity index (χ0) is 58.8. The van der Waals surface area contributed by atoms with Crippen LogP contribution < -0.4 is 34.0 Å². The molecule has 3 atom stereocenters. The zero-order valence-electron chi connectivity index (χ0n) is 49.0. The van der Waals surface area contributed by atoms with Gasteiger partial charge in [0.2, 0.25) is 11.8 Å². The predicted octanol–water partition coefficient (Wildman–Crippen LogP) is 10.0. The van der Waals surface area contributed by atoms with Gasteiger partial charge in [-0.25, -0.2) is 18.1 Å². The van der Waals surface area contributed by atoms with Crippen LogP contribution in [0, 0.1) is 21.4 Å². The van der Waals surface area contributed by atoms with Gasteiger partial charge in [0.1, 0.15) is 28.9 Å². The lowest BCUT2D eigenvalue weighted by molar-refractivity contribution is -0.384. The van der Waals surface area contributed by atoms with E-state index in [0.29, 0.717) is 73.9 Å². The minimum absolute atomic E-state index is 0.0399. The molecule has 0 bridgehead atoms. The highest BCUT2D eigenvalue weighted by Crippen LogP contribution is 2.54. The SMILES string of the molecule is COc1ncc(CN2CCN(C3CC4(CCN(c5ccc(C(=O)NS(=O)(=O)c6ccc(NC[C@H]7CC[C@](C)(O)CC7)c([N+](=O)[O-])c6)c(N6c7cc8cc[nH]c8nc7O[C@H]7COCC[C@@H]76)c5)CC4)C3)[C@@H](c3ccccc3OC(C)C)C2)cc1C1CC1. The minimum Gasteiger partial charge on any atom is -0.491 e. The second kappa shape index (κ2) is 23.0. The molecule has 3 aromatic carbocycles. The monoisotopic (exact) mass is 1180 g/mol. The second-order valence-electron chi connectivity index (χ2n) is 25.5. The summed E-state index contributed by atoms with van der Waals surface area (Å²) in [6, 6.07) is 24.3. The Morgan fingerprint density at radius 3 is 2.51 bits per heavy atom. The van der Waals surface area contributed by atoms with E-state index in [9.17, 15) is 28.4 Å². The van der Waals surface area contributed by atoms with Crippen molar-refractivity contribution in [3.05, 3.63) is 124 Å². The molecule has 3 aromatic heterocycles. The lowest BCUT2D eigenvalue weighted by atomic mass is 9.59. The number of piperidine rings is 1. The number of aromatic nitrogens is 3. The number of para-hydroxylation sites is 1. The van der Waals surface area contributed by atoms with Gasteiger partial charge in [0, 0.05) is 99.1 Å². The number of nitro benzene ring substituents is 1. The number of aliphatic hydroxyl groups is 1. The smallest absolute Gasteiger partial charge is 0.293 e. The Morgan fingerprint density at radius 1 is 0.941 bits per heavy atom. The molecule has 7 heterocycles. The fourth-order valence-corrected chi connectivity index (χ4v) is 15.4. The van der Waals surface area contributed by atoms with Crippen LogP contribution in [0.1, 0.15) is 130 Å². The number of H-pyrrole nitrogens is 1. The number of fused-ring (bicyclic) bond motifs is 3. The molecule has 1 amide bonds. The number of carbonyl (C=O) groups is 1. The summed E-state index contributed by atoms with van der Waals surface area (Å²) in [4.78, 5) is 48.9. The number of sulfonamides is 1. The van der Waals surface area contributed by atoms with Gasteiger partial charge >= 0.3 is 0 Å². The summed E-state index contributed by atoms with van der Waals surface area (Å²) in [5.41, 5.74) is 5.64. The molecule has 3 aliphatic carbocycles. The third-order valence-corrected chi connectivity index (χ3v) is 20.6. The van der Waals surface area contributed by atoms with Crippen LogP contribution in [0.3, 0.4) is 0 Å². The van der Waals surface area contributed by atoms with E-state index in [-0.39, 0.29) is 40.8 Å². The molecule has 13 rings (SSSR count). The Labute approximate surface area is 496 Å². The number of carbonyl (C=O) groups excluding carboxylic acids is 1. The Balaban J connectivity index is 0.752. The number of amides is 1. The number of aromatic amines is 1. The van der Waals surface area contributed by atoms with E-state index in [4.69, 9.17) is 28.9 Å². The number of pyridine rings is 2. The van der Waals surface area contributed by atoms with Crippen molar-refractivity contribution in [3.63, 3.8) is 0 Å². The quantitative estimate of drug-likeness (QED) is 0.0492. The Morgan fingerprint density at radius 2 is 1.74 bits per heavy atom. The van der Waals surface area contributed by atoms with Crippen LogP contribution >= 0.6 is 0 Å². The molecule has 3 saturated carbocycles. The maximum Gasteiger partial charge on any atom is 0.293 e. The van der Waals surface area contributed by atoms with E-state index < -0.39 is 43.1 Å². The molecular weight excluding hydrogens is 1100 g/mol. The maximum atomic E-state index is 14.9. The highest BCUT2D eigenvalue weighted by molar-refractivity contribution is 7.90. The maximum absolute atomic E-state index is 14.9. The lowest BCUT2D eigenvalue weighted by Gasteiger charge is -2.58. The third-order valence-electron chi connectivity index (χ3n) is 19.3. The molecule has 450 valence electrons. The normalized spacial score (nSPS) is 24.5. The third kappa shape index (κ3) is 11.7. The molecular formula is C64H78N10O10S. The Hall–Kier alpha value is -7.04. The number of anilines is 4. The number of methoxy groups -OCH3 is 1. The van der Waals surface area contributed by atoms with E-state index in [1.54, 1.807) is 13.2 Å².